The predicted molar refractivity (Wildman–Crippen MR) is 73.0 cm³/mol. The number of hydrogen-bond donors (Lipinski definition) is 0. The molecule has 1 saturated carbocycles. The van der Waals surface area contributed by atoms with Crippen molar-refractivity contribution in [1.82, 2.24) is 0 Å². The Morgan fingerprint density at radius 1 is 1.17 bits per heavy atom. The van der Waals surface area contributed by atoms with Crippen LogP contribution >= 0.6 is 0 Å². The molecule has 0 aliphatic heterocycles. The summed E-state index contributed by atoms with van der Waals surface area (Å²) in [4.78, 5) is 12.4. The molecule has 0 unspecified atom stereocenters. The van der Waals surface area contributed by atoms with Gasteiger partial charge >= 0.3 is 5.97 Å². The molecule has 0 N–H and O–H groups in total. The van der Waals surface area contributed by atoms with E-state index in [9.17, 15) is 4.79 Å². The second-order valence-electron chi connectivity index (χ2n) is 8.14. The second kappa shape index (κ2) is 3.61. The minimum Gasteiger partial charge on any atom is -0.459 e. The molecule has 2 nitrogen and oxygen atoms in total. The number of hydrogen-bond acceptors (Lipinski definition) is 2. The van der Waals surface area contributed by atoms with E-state index in [-0.39, 0.29) is 11.4 Å². The number of esters is 1. The molecule has 0 spiro atoms. The molecular formula is C16H26O2. The summed E-state index contributed by atoms with van der Waals surface area (Å²) in [5.41, 5.74) is -0.558. The highest BCUT2D eigenvalue weighted by Gasteiger charge is 2.67. The highest BCUT2D eigenvalue weighted by atomic mass is 16.6. The van der Waals surface area contributed by atoms with Crippen LogP contribution in [-0.4, -0.2) is 11.6 Å². The van der Waals surface area contributed by atoms with Gasteiger partial charge in [-0.1, -0.05) is 32.9 Å². The summed E-state index contributed by atoms with van der Waals surface area (Å²) >= 11 is 0. The largest absolute Gasteiger partial charge is 0.459 e. The third kappa shape index (κ3) is 2.10. The summed E-state index contributed by atoms with van der Waals surface area (Å²) < 4.78 is 5.59. The summed E-state index contributed by atoms with van der Waals surface area (Å²) in [5, 5.41) is 0. The van der Waals surface area contributed by atoms with Gasteiger partial charge in [-0.25, -0.2) is 0 Å². The van der Waals surface area contributed by atoms with Gasteiger partial charge in [0.15, 0.2) is 0 Å². The first-order valence-corrected chi connectivity index (χ1v) is 6.90. The Morgan fingerprint density at radius 2 is 1.72 bits per heavy atom. The molecule has 0 aromatic carbocycles. The van der Waals surface area contributed by atoms with Crippen molar-refractivity contribution in [3.8, 4) is 0 Å². The molecule has 2 aliphatic rings. The van der Waals surface area contributed by atoms with E-state index in [0.29, 0.717) is 17.8 Å². The first-order valence-electron chi connectivity index (χ1n) is 6.90. The molecule has 0 bridgehead atoms. The zero-order valence-electron chi connectivity index (χ0n) is 12.7. The van der Waals surface area contributed by atoms with Crippen molar-refractivity contribution in [2.24, 2.45) is 28.6 Å². The lowest BCUT2D eigenvalue weighted by Gasteiger charge is -2.30. The van der Waals surface area contributed by atoms with E-state index >= 15 is 0 Å². The summed E-state index contributed by atoms with van der Waals surface area (Å²) in [7, 11) is 0. The van der Waals surface area contributed by atoms with Crippen LogP contribution in [0.25, 0.3) is 0 Å². The third-order valence-electron chi connectivity index (χ3n) is 4.27. The monoisotopic (exact) mass is 250 g/mol. The van der Waals surface area contributed by atoms with Gasteiger partial charge in [0.05, 0.1) is 5.41 Å². The molecule has 4 atom stereocenters. The Hall–Kier alpha value is -0.790. The topological polar surface area (TPSA) is 26.3 Å². The van der Waals surface area contributed by atoms with Crippen LogP contribution in [0.15, 0.2) is 12.2 Å². The van der Waals surface area contributed by atoms with Crippen LogP contribution in [0.5, 0.6) is 0 Å². The van der Waals surface area contributed by atoms with Gasteiger partial charge in [-0.15, -0.1) is 0 Å². The van der Waals surface area contributed by atoms with E-state index < -0.39 is 11.0 Å². The zero-order valence-corrected chi connectivity index (χ0v) is 12.7. The molecule has 2 rings (SSSR count). The van der Waals surface area contributed by atoms with Crippen LogP contribution in [0.4, 0.5) is 0 Å². The summed E-state index contributed by atoms with van der Waals surface area (Å²) in [5.74, 6) is 1.56. The number of carbonyl (C=O) groups is 1. The number of ether oxygens (including phenoxy) is 1. The predicted octanol–water partition coefficient (Wildman–Crippen LogP) is 3.81. The van der Waals surface area contributed by atoms with Crippen molar-refractivity contribution in [3.63, 3.8) is 0 Å². The zero-order chi connectivity index (χ0) is 13.9. The van der Waals surface area contributed by atoms with E-state index in [2.05, 4.69) is 32.9 Å². The summed E-state index contributed by atoms with van der Waals surface area (Å²) in [6, 6.07) is 0. The Morgan fingerprint density at radius 3 is 2.11 bits per heavy atom. The van der Waals surface area contributed by atoms with Crippen LogP contribution in [0, 0.1) is 28.6 Å². The Labute approximate surface area is 111 Å². The summed E-state index contributed by atoms with van der Waals surface area (Å²) in [6.45, 7) is 14.6. The molecule has 0 aromatic heterocycles. The Balaban J connectivity index is 2.15. The van der Waals surface area contributed by atoms with Gasteiger partial charge in [-0.3, -0.25) is 4.79 Å². The van der Waals surface area contributed by atoms with Crippen molar-refractivity contribution in [2.75, 3.05) is 0 Å². The molecule has 2 heteroatoms. The molecule has 2 aliphatic carbocycles. The highest BCUT2D eigenvalue weighted by molar-refractivity contribution is 5.81. The van der Waals surface area contributed by atoms with Gasteiger partial charge in [0, 0.05) is 0 Å². The first-order chi connectivity index (χ1) is 7.97. The lowest BCUT2D eigenvalue weighted by atomic mass is 9.78. The molecule has 1 fully saturated rings. The van der Waals surface area contributed by atoms with E-state index in [1.807, 2.05) is 27.7 Å². The van der Waals surface area contributed by atoms with Gasteiger partial charge in [0.1, 0.15) is 5.60 Å². The standard InChI is InChI=1S/C16H26O2/c1-14(2,3)11-10-8-9-16(7,12(10)11)13(17)18-15(4,5)6/h8-12H,1-7H3/t10-,11-,12-,16+/m0/s1. The minimum absolute atomic E-state index is 0.0644. The molecule has 0 heterocycles. The fraction of sp³-hybridized carbons (Fsp3) is 0.812. The number of fused-ring (bicyclic) bond motifs is 1. The van der Waals surface area contributed by atoms with Crippen LogP contribution in [0.1, 0.15) is 48.5 Å². The lowest BCUT2D eigenvalue weighted by Crippen LogP contribution is -2.36. The number of rotatable bonds is 1. The summed E-state index contributed by atoms with van der Waals surface area (Å²) in [6.07, 6.45) is 4.29. The first kappa shape index (κ1) is 13.6. The average molecular weight is 250 g/mol. The molecule has 102 valence electrons. The molecule has 0 radical (unpaired) electrons. The smallest absolute Gasteiger partial charge is 0.316 e. The third-order valence-corrected chi connectivity index (χ3v) is 4.27. The van der Waals surface area contributed by atoms with Gasteiger partial charge in [0.25, 0.3) is 0 Å². The minimum atomic E-state index is -0.421. The van der Waals surface area contributed by atoms with Crippen LogP contribution in [0.2, 0.25) is 0 Å². The Kier molecular flexibility index (Phi) is 2.74. The number of carbonyl (C=O) groups excluding carboxylic acids is 1. The molecule has 0 amide bonds. The molecular weight excluding hydrogens is 224 g/mol. The van der Waals surface area contributed by atoms with E-state index in [4.69, 9.17) is 4.74 Å². The fourth-order valence-electron chi connectivity index (χ4n) is 3.48. The maximum Gasteiger partial charge on any atom is 0.316 e. The quantitative estimate of drug-likeness (QED) is 0.522. The normalized spacial score (nSPS) is 38.5. The molecule has 0 saturated heterocycles. The van der Waals surface area contributed by atoms with E-state index in [1.165, 1.54) is 0 Å². The van der Waals surface area contributed by atoms with Gasteiger partial charge in [0.2, 0.25) is 0 Å². The van der Waals surface area contributed by atoms with Crippen molar-refractivity contribution < 1.29 is 9.53 Å². The van der Waals surface area contributed by atoms with Crippen molar-refractivity contribution in [1.29, 1.82) is 0 Å². The lowest BCUT2D eigenvalue weighted by molar-refractivity contribution is -0.165. The number of allylic oxidation sites excluding steroid dienone is 1. The van der Waals surface area contributed by atoms with Crippen LogP contribution in [-0.2, 0) is 9.53 Å². The maximum atomic E-state index is 12.4. The highest BCUT2D eigenvalue weighted by Crippen LogP contribution is 2.68. The van der Waals surface area contributed by atoms with E-state index in [0.717, 1.165) is 0 Å². The van der Waals surface area contributed by atoms with Crippen LogP contribution < -0.4 is 0 Å². The van der Waals surface area contributed by atoms with Crippen molar-refractivity contribution in [3.05, 3.63) is 12.2 Å². The van der Waals surface area contributed by atoms with Gasteiger partial charge < -0.3 is 4.74 Å². The van der Waals surface area contributed by atoms with Gasteiger partial charge in [-0.2, -0.15) is 0 Å². The van der Waals surface area contributed by atoms with Gasteiger partial charge in [-0.05, 0) is 50.9 Å². The SMILES string of the molecule is CC(C)(C)OC(=O)[C@]1(C)C=C[C@H]2[C@H](C(C)(C)C)[C@H]21. The fourth-order valence-corrected chi connectivity index (χ4v) is 3.48. The second-order valence-corrected chi connectivity index (χ2v) is 8.14. The Bertz CT molecular complexity index is 394. The molecule has 0 aromatic rings. The maximum absolute atomic E-state index is 12.4. The van der Waals surface area contributed by atoms with E-state index in [1.54, 1.807) is 0 Å². The average Bonchev–Trinajstić information content (AvgIpc) is 2.78. The van der Waals surface area contributed by atoms with Crippen LogP contribution in [0.3, 0.4) is 0 Å². The van der Waals surface area contributed by atoms with Crippen molar-refractivity contribution >= 4 is 5.97 Å². The van der Waals surface area contributed by atoms with Crippen molar-refractivity contribution in [2.45, 2.75) is 54.1 Å². The molecule has 18 heavy (non-hydrogen) atoms.